The molecule has 0 aromatic heterocycles. The largest absolute Gasteiger partial charge is 0.376 e. The second-order valence-corrected chi connectivity index (χ2v) is 15.8. The third-order valence-corrected chi connectivity index (χ3v) is 9.86. The van der Waals surface area contributed by atoms with Crippen molar-refractivity contribution in [2.45, 2.75) is 0 Å². The highest BCUT2D eigenvalue weighted by molar-refractivity contribution is 5.92. The molecule has 0 aliphatic carbocycles. The molecule has 0 fully saturated rings. The van der Waals surface area contributed by atoms with Crippen molar-refractivity contribution in [3.63, 3.8) is 0 Å². The van der Waals surface area contributed by atoms with Crippen LogP contribution in [0.3, 0.4) is 0 Å². The Bertz CT molecular complexity index is 2830. The molecule has 0 unspecified atom stereocenters. The Kier molecular flexibility index (Phi) is 41.4. The van der Waals surface area contributed by atoms with Gasteiger partial charge in [-0.15, -0.1) is 0 Å². The Morgan fingerprint density at radius 1 is 0.165 bits per heavy atom. The lowest BCUT2D eigenvalue weighted by Gasteiger charge is -1.95. The van der Waals surface area contributed by atoms with Crippen LogP contribution in [-0.4, -0.2) is 101 Å². The molecule has 28 nitrogen and oxygen atoms in total. The van der Waals surface area contributed by atoms with Crippen LogP contribution in [0.15, 0.2) is 273 Å². The maximum Gasteiger partial charge on any atom is 0.376 e. The van der Waals surface area contributed by atoms with Crippen molar-refractivity contribution in [2.24, 2.45) is 0 Å². The van der Waals surface area contributed by atoms with Crippen LogP contribution in [0.1, 0.15) is 93.2 Å². The van der Waals surface area contributed by atoms with Gasteiger partial charge in [0.25, 0.3) is 0 Å². The predicted molar refractivity (Wildman–Crippen MR) is 311 cm³/mol. The summed E-state index contributed by atoms with van der Waals surface area (Å²) in [5.41, 5.74) is 3.02. The molecule has 28 heteroatoms. The van der Waals surface area contributed by atoms with Gasteiger partial charge in [-0.05, 0) is 114 Å². The summed E-state index contributed by atoms with van der Waals surface area (Å²) in [6.45, 7) is 0. The molecule has 9 aromatic carbocycles. The van der Waals surface area contributed by atoms with Gasteiger partial charge < -0.3 is 0 Å². The average molecular weight is 1260 g/mol. The second kappa shape index (κ2) is 49.0. The van der Waals surface area contributed by atoms with Crippen LogP contribution < -0.4 is 0 Å². The van der Waals surface area contributed by atoms with Gasteiger partial charge in [0.2, 0.25) is 0 Å². The zero-order valence-corrected chi connectivity index (χ0v) is 46.8. The summed E-state index contributed by atoms with van der Waals surface area (Å²) in [6.07, 6.45) is 0. The normalized spacial score (nSPS) is 8.93. The van der Waals surface area contributed by atoms with Crippen LogP contribution in [0, 0.1) is 0 Å². The first kappa shape index (κ1) is 76.8. The highest BCUT2D eigenvalue weighted by Crippen LogP contribution is 2.05. The summed E-state index contributed by atoms with van der Waals surface area (Å²) in [6, 6.07) is 74.2. The van der Waals surface area contributed by atoms with E-state index in [0.717, 1.165) is 0 Å². The first-order valence-corrected chi connectivity index (χ1v) is 24.9. The van der Waals surface area contributed by atoms with E-state index >= 15 is 0 Å². The fourth-order valence-electron chi connectivity index (χ4n) is 5.67. The molecule has 91 heavy (non-hydrogen) atoms. The molecular formula is C63H54O28. The Balaban J connectivity index is 0.000000512. The van der Waals surface area contributed by atoms with Gasteiger partial charge in [-0.2, -0.15) is 42.1 Å². The van der Waals surface area contributed by atoms with Gasteiger partial charge in [0.1, 0.15) is 0 Å². The lowest BCUT2D eigenvalue weighted by molar-refractivity contribution is -0.455. The van der Waals surface area contributed by atoms with Crippen LogP contribution in [0.2, 0.25) is 0 Å². The summed E-state index contributed by atoms with van der Waals surface area (Å²) in [4.78, 5) is 127. The molecule has 0 amide bonds. The van der Waals surface area contributed by atoms with E-state index in [2.05, 4.69) is 49.0 Å². The molecule has 474 valence electrons. The maximum atomic E-state index is 10.7. The van der Waals surface area contributed by atoms with Gasteiger partial charge in [-0.1, -0.05) is 164 Å². The van der Waals surface area contributed by atoms with Crippen molar-refractivity contribution in [1.29, 1.82) is 0 Å². The molecule has 9 N–H and O–H groups in total. The van der Waals surface area contributed by atoms with Crippen LogP contribution in [-0.2, 0) is 49.0 Å². The number of benzene rings is 9. The van der Waals surface area contributed by atoms with E-state index in [-0.39, 0.29) is 0 Å². The minimum atomic E-state index is -0.736. The molecule has 0 saturated carbocycles. The lowest BCUT2D eigenvalue weighted by atomic mass is 10.2. The predicted octanol–water partition coefficient (Wildman–Crippen LogP) is 11.8. The van der Waals surface area contributed by atoms with Crippen molar-refractivity contribution in [1.82, 2.24) is 0 Å². The van der Waals surface area contributed by atoms with Crippen molar-refractivity contribution < 1.29 is 139 Å². The Labute approximate surface area is 514 Å². The highest BCUT2D eigenvalue weighted by Gasteiger charge is 2.09. The number of rotatable bonds is 10. The molecule has 0 aliphatic rings. The van der Waals surface area contributed by atoms with E-state index in [4.69, 9.17) is 47.3 Å². The summed E-state index contributed by atoms with van der Waals surface area (Å²) in [5.74, 6) is -6.61. The molecule has 0 saturated heterocycles. The molecule has 0 bridgehead atoms. The van der Waals surface area contributed by atoms with E-state index in [0.29, 0.717) is 50.1 Å². The number of carbonyl (C=O) groups is 9. The first-order valence-electron chi connectivity index (χ1n) is 24.9. The third-order valence-electron chi connectivity index (χ3n) is 9.86. The number of carbonyl (C=O) groups excluding carboxylic acids is 9. The zero-order chi connectivity index (χ0) is 67.3. The van der Waals surface area contributed by atoms with Crippen molar-refractivity contribution in [2.75, 3.05) is 0 Å². The monoisotopic (exact) mass is 1260 g/mol. The topological polar surface area (TPSA) is 428 Å². The minimum Gasteiger partial charge on any atom is -0.296 e. The number of hydrogen-bond donors (Lipinski definition) is 9. The first-order chi connectivity index (χ1) is 44.1. The zero-order valence-electron chi connectivity index (χ0n) is 46.8. The van der Waals surface area contributed by atoms with Gasteiger partial charge in [0.05, 0.1) is 50.1 Å². The smallest absolute Gasteiger partial charge is 0.296 e. The van der Waals surface area contributed by atoms with E-state index in [1.807, 2.05) is 0 Å². The maximum absolute atomic E-state index is 10.7. The average Bonchev–Trinajstić information content (AvgIpc) is 3.72. The number of hydrogen-bond acceptors (Lipinski definition) is 28. The third kappa shape index (κ3) is 33.9. The molecule has 0 aliphatic heterocycles. The van der Waals surface area contributed by atoms with Gasteiger partial charge in [-0.25, -0.2) is 48.4 Å². The Morgan fingerprint density at radius 2 is 0.264 bits per heavy atom. The fourth-order valence-corrected chi connectivity index (χ4v) is 5.67. The van der Waals surface area contributed by atoms with Crippen molar-refractivity contribution in [3.05, 3.63) is 323 Å². The molecule has 9 rings (SSSR count). The Hall–Kier alpha value is -12.2. The van der Waals surface area contributed by atoms with E-state index < -0.39 is 53.7 Å². The van der Waals surface area contributed by atoms with Gasteiger partial charge in [-0.3, -0.25) is 44.0 Å². The van der Waals surface area contributed by atoms with Crippen LogP contribution in [0.5, 0.6) is 0 Å². The summed E-state index contributed by atoms with van der Waals surface area (Å²) < 4.78 is 0. The Morgan fingerprint density at radius 3 is 0.352 bits per heavy atom. The van der Waals surface area contributed by atoms with Crippen molar-refractivity contribution >= 4 is 53.7 Å². The summed E-state index contributed by atoms with van der Waals surface area (Å²) in [5, 5.41) is 74.5. The standard InChI is InChI=1S/C7H6O4.8C7H6O3/c8-7(10-11-9)6-4-2-1-3-5-6;8*8-7(10-9)6-4-2-1-3-5-6/h1-5,9H;8*1-5,9H. The fraction of sp³-hybridized carbons (Fsp3) is 0. The van der Waals surface area contributed by atoms with Gasteiger partial charge in [0, 0.05) is 0 Å². The van der Waals surface area contributed by atoms with E-state index in [9.17, 15) is 43.2 Å². The van der Waals surface area contributed by atoms with Gasteiger partial charge >= 0.3 is 53.7 Å². The van der Waals surface area contributed by atoms with Crippen LogP contribution >= 0.6 is 0 Å². The molecule has 9 aromatic rings. The van der Waals surface area contributed by atoms with Gasteiger partial charge in [0.15, 0.2) is 0 Å². The summed E-state index contributed by atoms with van der Waals surface area (Å²) in [7, 11) is 0. The summed E-state index contributed by atoms with van der Waals surface area (Å²) >= 11 is 0. The van der Waals surface area contributed by atoms with E-state index in [1.165, 1.54) is 0 Å². The molecule has 0 radical (unpaired) electrons. The molecule has 0 spiro atoms. The minimum absolute atomic E-state index is 0.321. The molecule has 0 heterocycles. The van der Waals surface area contributed by atoms with E-state index in [1.54, 1.807) is 273 Å². The SMILES string of the molecule is O=C(OO)c1ccccc1.O=C(OO)c1ccccc1.O=C(OO)c1ccccc1.O=C(OO)c1ccccc1.O=C(OO)c1ccccc1.O=C(OO)c1ccccc1.O=C(OO)c1ccccc1.O=C(OO)c1ccccc1.O=C(OOO)c1ccccc1. The molecular weight excluding hydrogens is 1200 g/mol. The quantitative estimate of drug-likeness (QED) is 0.0349. The van der Waals surface area contributed by atoms with Crippen LogP contribution in [0.25, 0.3) is 0 Å². The van der Waals surface area contributed by atoms with Crippen LogP contribution in [0.4, 0.5) is 0 Å². The van der Waals surface area contributed by atoms with Crippen molar-refractivity contribution in [3.8, 4) is 0 Å². The molecule has 0 atom stereocenters. The highest BCUT2D eigenvalue weighted by atomic mass is 17.5. The lowest BCUT2D eigenvalue weighted by Crippen LogP contribution is -2.03. The second-order valence-electron chi connectivity index (χ2n) is 15.8.